The molecule has 0 aromatic heterocycles. The topological polar surface area (TPSA) is 9.23 Å². The molecule has 0 amide bonds. The molecule has 0 unspecified atom stereocenters. The number of ether oxygens (including phenoxy) is 1. The second-order valence-electron chi connectivity index (χ2n) is 4.72. The maximum Gasteiger partial charge on any atom is 4.00 e. The monoisotopic (exact) mass is 291 g/mol. The van der Waals surface area contributed by atoms with E-state index < -0.39 is 0 Å². The van der Waals surface area contributed by atoms with Gasteiger partial charge in [0.1, 0.15) is 0 Å². The summed E-state index contributed by atoms with van der Waals surface area (Å²) < 4.78 is 5.47. The zero-order valence-corrected chi connectivity index (χ0v) is 12.3. The van der Waals surface area contributed by atoms with Crippen molar-refractivity contribution in [3.8, 4) is 0 Å². The molecular formula is C14H17OZr+3. The summed E-state index contributed by atoms with van der Waals surface area (Å²) in [4.78, 5) is 0. The van der Waals surface area contributed by atoms with Gasteiger partial charge in [0.25, 0.3) is 0 Å². The number of allylic oxidation sites excluding steroid dienone is 4. The summed E-state index contributed by atoms with van der Waals surface area (Å²) in [5.41, 5.74) is -0.120. The van der Waals surface area contributed by atoms with Crippen LogP contribution in [0.25, 0.3) is 0 Å². The van der Waals surface area contributed by atoms with E-state index in [9.17, 15) is 0 Å². The third-order valence-electron chi connectivity index (χ3n) is 3.34. The van der Waals surface area contributed by atoms with Crippen molar-refractivity contribution in [1.29, 1.82) is 0 Å². The Labute approximate surface area is 117 Å². The Bertz CT molecular complexity index is 305. The van der Waals surface area contributed by atoms with Gasteiger partial charge in [-0.05, 0) is 0 Å². The molecule has 0 saturated carbocycles. The van der Waals surface area contributed by atoms with E-state index in [1.807, 2.05) is 0 Å². The maximum absolute atomic E-state index is 5.47. The molecule has 2 rings (SSSR count). The Morgan fingerprint density at radius 2 is 1.19 bits per heavy atom. The van der Waals surface area contributed by atoms with Crippen molar-refractivity contribution in [3.05, 3.63) is 55.7 Å². The van der Waals surface area contributed by atoms with E-state index in [-0.39, 0.29) is 43.1 Å². The van der Waals surface area contributed by atoms with E-state index in [4.69, 9.17) is 4.74 Å². The molecule has 2 aliphatic rings. The summed E-state index contributed by atoms with van der Waals surface area (Å²) in [7, 11) is 3.63. The predicted molar refractivity (Wildman–Crippen MR) is 63.0 cm³/mol. The molecule has 2 heteroatoms. The van der Waals surface area contributed by atoms with Crippen LogP contribution >= 0.6 is 0 Å². The van der Waals surface area contributed by atoms with Crippen molar-refractivity contribution in [1.82, 2.24) is 0 Å². The van der Waals surface area contributed by atoms with Crippen molar-refractivity contribution < 1.29 is 30.9 Å². The van der Waals surface area contributed by atoms with E-state index >= 15 is 0 Å². The molecule has 0 N–H and O–H groups in total. The molecule has 0 atom stereocenters. The molecule has 0 bridgehead atoms. The van der Waals surface area contributed by atoms with Gasteiger partial charge in [0, 0.05) is 16.9 Å². The summed E-state index contributed by atoms with van der Waals surface area (Å²) in [5, 5.41) is 0. The first-order valence-electron chi connectivity index (χ1n) is 5.26. The first-order valence-corrected chi connectivity index (χ1v) is 5.26. The first kappa shape index (κ1) is 13.9. The Balaban J connectivity index is 0.00000128. The molecule has 0 fully saturated rings. The molecule has 0 radical (unpaired) electrons. The average Bonchev–Trinajstić information content (AvgIpc) is 2.77. The predicted octanol–water partition coefficient (Wildman–Crippen LogP) is 3.43. The van der Waals surface area contributed by atoms with Crippen molar-refractivity contribution in [2.24, 2.45) is 10.8 Å². The van der Waals surface area contributed by atoms with E-state index in [1.54, 1.807) is 0 Å². The van der Waals surface area contributed by atoms with Crippen LogP contribution in [0.2, 0.25) is 0 Å². The van der Waals surface area contributed by atoms with Crippen LogP contribution in [0.1, 0.15) is 13.8 Å². The van der Waals surface area contributed by atoms with Crippen LogP contribution in [0, 0.1) is 17.9 Å². The molecule has 16 heavy (non-hydrogen) atoms. The number of hydrogen-bond donors (Lipinski definition) is 0. The summed E-state index contributed by atoms with van der Waals surface area (Å²) in [5.74, 6) is 0. The van der Waals surface area contributed by atoms with Crippen LogP contribution in [0.4, 0.5) is 0 Å². The van der Waals surface area contributed by atoms with Crippen molar-refractivity contribution in [3.63, 3.8) is 0 Å². The zero-order chi connectivity index (χ0) is 10.9. The molecule has 0 aliphatic heterocycles. The molecule has 0 spiro atoms. The minimum absolute atomic E-state index is 0. The first-order chi connectivity index (χ1) is 7.11. The van der Waals surface area contributed by atoms with Gasteiger partial charge in [0.2, 0.25) is 0 Å². The van der Waals surface area contributed by atoms with Crippen molar-refractivity contribution in [2.45, 2.75) is 20.0 Å². The Kier molecular flexibility index (Phi) is 4.31. The fourth-order valence-corrected chi connectivity index (χ4v) is 2.54. The van der Waals surface area contributed by atoms with Gasteiger partial charge in [-0.3, -0.25) is 0 Å². The van der Waals surface area contributed by atoms with Gasteiger partial charge in [-0.25, -0.2) is 7.11 Å². The van der Waals surface area contributed by atoms with Crippen LogP contribution in [0.5, 0.6) is 0 Å². The van der Waals surface area contributed by atoms with Gasteiger partial charge < -0.3 is 4.74 Å². The van der Waals surface area contributed by atoms with Crippen molar-refractivity contribution >= 4 is 0 Å². The second-order valence-corrected chi connectivity index (χ2v) is 4.72. The Morgan fingerprint density at radius 1 is 0.875 bits per heavy atom. The van der Waals surface area contributed by atoms with Gasteiger partial charge in [-0.1, -0.05) is 62.5 Å². The summed E-state index contributed by atoms with van der Waals surface area (Å²) >= 11 is 0. The molecule has 0 saturated heterocycles. The minimum atomic E-state index is -0.0600. The van der Waals surface area contributed by atoms with Crippen molar-refractivity contribution in [2.75, 3.05) is 0 Å². The summed E-state index contributed by atoms with van der Waals surface area (Å²) in [6.45, 7) is 4.35. The molecular weight excluding hydrogens is 275 g/mol. The molecule has 0 aromatic rings. The Morgan fingerprint density at radius 3 is 1.44 bits per heavy atom. The van der Waals surface area contributed by atoms with Crippen LogP contribution in [0.3, 0.4) is 0 Å². The van der Waals surface area contributed by atoms with Crippen LogP contribution in [-0.2, 0) is 30.9 Å². The maximum atomic E-state index is 5.47. The standard InChI is InChI=1S/C14H17O.Zr/c1-13(8-4-5-9-13)12(15-3)14(2)10-6-7-11-14;/h4-12H,3H2,1-2H3;/q-1;+4. The second kappa shape index (κ2) is 4.98. The third-order valence-corrected chi connectivity index (χ3v) is 3.34. The minimum Gasteiger partial charge on any atom is -0.551 e. The molecule has 80 valence electrons. The van der Waals surface area contributed by atoms with Crippen LogP contribution in [-0.4, -0.2) is 6.10 Å². The molecule has 0 aromatic carbocycles. The van der Waals surface area contributed by atoms with Crippen LogP contribution in [0.15, 0.2) is 48.6 Å². The molecule has 2 aliphatic carbocycles. The van der Waals surface area contributed by atoms with Gasteiger partial charge in [-0.15, -0.1) is 0 Å². The quantitative estimate of drug-likeness (QED) is 0.724. The van der Waals surface area contributed by atoms with E-state index in [0.717, 1.165) is 0 Å². The largest absolute Gasteiger partial charge is 4.00 e. The fourth-order valence-electron chi connectivity index (χ4n) is 2.54. The van der Waals surface area contributed by atoms with E-state index in [0.29, 0.717) is 0 Å². The number of rotatable bonds is 3. The average molecular weight is 293 g/mol. The third kappa shape index (κ3) is 2.24. The van der Waals surface area contributed by atoms with Crippen LogP contribution < -0.4 is 0 Å². The zero-order valence-electron chi connectivity index (χ0n) is 9.81. The summed E-state index contributed by atoms with van der Waals surface area (Å²) in [6, 6.07) is 0. The fraction of sp³-hybridized carbons (Fsp3) is 0.357. The van der Waals surface area contributed by atoms with Gasteiger partial charge in [0.05, 0.1) is 0 Å². The normalized spacial score (nSPS) is 23.0. The molecule has 0 heterocycles. The van der Waals surface area contributed by atoms with E-state index in [2.05, 4.69) is 69.6 Å². The SMILES string of the molecule is [CH2-]OC(C1(C)C=CC=C1)C1(C)C=CC=C1.[Zr+4]. The smallest absolute Gasteiger partial charge is 0.551 e. The Hall–Kier alpha value is -0.197. The van der Waals surface area contributed by atoms with Gasteiger partial charge in [0.15, 0.2) is 0 Å². The molecule has 1 nitrogen and oxygen atoms in total. The summed E-state index contributed by atoms with van der Waals surface area (Å²) in [6.07, 6.45) is 17.0. The van der Waals surface area contributed by atoms with E-state index in [1.165, 1.54) is 0 Å². The number of hydrogen-bond acceptors (Lipinski definition) is 1. The van der Waals surface area contributed by atoms with Gasteiger partial charge >= 0.3 is 26.2 Å². The van der Waals surface area contributed by atoms with Gasteiger partial charge in [-0.2, -0.15) is 0 Å².